The number of hydrogen-bond donors (Lipinski definition) is 0. The van der Waals surface area contributed by atoms with Gasteiger partial charge in [-0.15, -0.1) is 0 Å². The summed E-state index contributed by atoms with van der Waals surface area (Å²) in [4.78, 5) is 26.2. The summed E-state index contributed by atoms with van der Waals surface area (Å²) < 4.78 is 11.1. The molecule has 1 aliphatic heterocycles. The second-order valence-electron chi connectivity index (χ2n) is 9.20. The highest BCUT2D eigenvalue weighted by Gasteiger charge is 2.55. The van der Waals surface area contributed by atoms with Crippen LogP contribution < -0.4 is 4.74 Å². The predicted octanol–water partition coefficient (Wildman–Crippen LogP) is 5.00. The van der Waals surface area contributed by atoms with E-state index < -0.39 is 0 Å². The van der Waals surface area contributed by atoms with E-state index in [4.69, 9.17) is 9.47 Å². The first-order valence-electron chi connectivity index (χ1n) is 11.4. The van der Waals surface area contributed by atoms with Gasteiger partial charge < -0.3 is 14.4 Å². The highest BCUT2D eigenvalue weighted by Crippen LogP contribution is 2.57. The van der Waals surface area contributed by atoms with Crippen molar-refractivity contribution in [2.75, 3.05) is 13.7 Å². The van der Waals surface area contributed by atoms with Gasteiger partial charge in [0.25, 0.3) is 0 Å². The first kappa shape index (κ1) is 20.8. The Kier molecular flexibility index (Phi) is 5.27. The van der Waals surface area contributed by atoms with E-state index in [2.05, 4.69) is 0 Å². The summed E-state index contributed by atoms with van der Waals surface area (Å²) in [7, 11) is 1.49. The first-order valence-corrected chi connectivity index (χ1v) is 11.4. The topological polar surface area (TPSA) is 81.9 Å². The number of fused-ring (bicyclic) bond motifs is 1. The third-order valence-corrected chi connectivity index (χ3v) is 7.77. The fourth-order valence-electron chi connectivity index (χ4n) is 6.37. The fourth-order valence-corrected chi connectivity index (χ4v) is 6.37. The standard InChI is InChI=1S/C25H28N2O5/c1-31-23-15-20-18(14-22(23)27(29)30)13-21-19-9-5-6-10-25(19,20)11-12-26(21)24(28)32-16-17-7-3-2-4-8-17/h2-4,7-8,14-15,19,21H,5-6,9-13,16H2,1H3/t19-,21+,25+/m1/s1. The number of methoxy groups -OCH3 is 1. The minimum atomic E-state index is -0.384. The summed E-state index contributed by atoms with van der Waals surface area (Å²) in [5.74, 6) is 0.670. The zero-order valence-corrected chi connectivity index (χ0v) is 18.3. The predicted molar refractivity (Wildman–Crippen MR) is 119 cm³/mol. The zero-order valence-electron chi connectivity index (χ0n) is 18.3. The maximum atomic E-state index is 13.1. The number of ether oxygens (including phenoxy) is 2. The highest BCUT2D eigenvalue weighted by atomic mass is 16.6. The van der Waals surface area contributed by atoms with Crippen LogP contribution >= 0.6 is 0 Å². The van der Waals surface area contributed by atoms with Gasteiger partial charge in [0, 0.05) is 24.1 Å². The average molecular weight is 437 g/mol. The molecule has 0 N–H and O–H groups in total. The normalized spacial score (nSPS) is 26.0. The summed E-state index contributed by atoms with van der Waals surface area (Å²) in [5.41, 5.74) is 3.07. The molecule has 0 spiro atoms. The van der Waals surface area contributed by atoms with Gasteiger partial charge in [0.05, 0.1) is 12.0 Å². The van der Waals surface area contributed by atoms with E-state index in [1.54, 1.807) is 6.07 Å². The fraction of sp³-hybridized carbons (Fsp3) is 0.480. The monoisotopic (exact) mass is 436 g/mol. The van der Waals surface area contributed by atoms with Gasteiger partial charge in [-0.3, -0.25) is 10.1 Å². The van der Waals surface area contributed by atoms with Crippen molar-refractivity contribution < 1.29 is 19.2 Å². The van der Waals surface area contributed by atoms with Crippen LogP contribution in [0.15, 0.2) is 42.5 Å². The van der Waals surface area contributed by atoms with Crippen molar-refractivity contribution in [3.05, 3.63) is 69.3 Å². The van der Waals surface area contributed by atoms with Gasteiger partial charge in [0.1, 0.15) is 6.61 Å². The van der Waals surface area contributed by atoms with Crippen LogP contribution in [-0.2, 0) is 23.2 Å². The van der Waals surface area contributed by atoms with Gasteiger partial charge in [-0.05, 0) is 54.4 Å². The van der Waals surface area contributed by atoms with Crippen LogP contribution in [0.25, 0.3) is 0 Å². The van der Waals surface area contributed by atoms with Gasteiger partial charge in [-0.25, -0.2) is 4.79 Å². The Morgan fingerprint density at radius 2 is 2.03 bits per heavy atom. The van der Waals surface area contributed by atoms with E-state index in [1.165, 1.54) is 12.7 Å². The second kappa shape index (κ2) is 8.11. The molecule has 1 saturated carbocycles. The van der Waals surface area contributed by atoms with Crippen LogP contribution in [0.5, 0.6) is 5.75 Å². The molecule has 7 heteroatoms. The van der Waals surface area contributed by atoms with E-state index in [0.717, 1.165) is 43.2 Å². The number of carbonyl (C=O) groups is 1. The molecular weight excluding hydrogens is 408 g/mol. The molecule has 0 radical (unpaired) electrons. The molecule has 3 atom stereocenters. The number of amides is 1. The molecule has 1 amide bonds. The van der Waals surface area contributed by atoms with Gasteiger partial charge in [0.15, 0.2) is 5.75 Å². The van der Waals surface area contributed by atoms with Gasteiger partial charge >= 0.3 is 11.8 Å². The molecule has 2 aliphatic carbocycles. The van der Waals surface area contributed by atoms with Gasteiger partial charge in [0.2, 0.25) is 0 Å². The highest BCUT2D eigenvalue weighted by molar-refractivity contribution is 5.69. The first-order chi connectivity index (χ1) is 15.5. The van der Waals surface area contributed by atoms with Crippen molar-refractivity contribution in [3.8, 4) is 5.75 Å². The van der Waals surface area contributed by atoms with Crippen molar-refractivity contribution in [3.63, 3.8) is 0 Å². The van der Waals surface area contributed by atoms with Crippen LogP contribution in [0.3, 0.4) is 0 Å². The van der Waals surface area contributed by atoms with Crippen molar-refractivity contribution in [2.45, 2.75) is 56.6 Å². The average Bonchev–Trinajstić information content (AvgIpc) is 2.82. The molecule has 2 aromatic carbocycles. The van der Waals surface area contributed by atoms with Crippen LogP contribution in [0.2, 0.25) is 0 Å². The van der Waals surface area contributed by atoms with Crippen molar-refractivity contribution >= 4 is 11.8 Å². The minimum Gasteiger partial charge on any atom is -0.490 e. The summed E-state index contributed by atoms with van der Waals surface area (Å²) in [5, 5.41) is 11.6. The van der Waals surface area contributed by atoms with Gasteiger partial charge in [-0.2, -0.15) is 0 Å². The maximum Gasteiger partial charge on any atom is 0.410 e. The quantitative estimate of drug-likeness (QED) is 0.498. The van der Waals surface area contributed by atoms with Gasteiger partial charge in [-0.1, -0.05) is 43.2 Å². The Morgan fingerprint density at radius 3 is 2.78 bits per heavy atom. The molecule has 2 aromatic rings. The largest absolute Gasteiger partial charge is 0.490 e. The smallest absolute Gasteiger partial charge is 0.410 e. The molecule has 2 fully saturated rings. The number of rotatable bonds is 4. The van der Waals surface area contributed by atoms with E-state index in [-0.39, 0.29) is 34.8 Å². The lowest BCUT2D eigenvalue weighted by Gasteiger charge is -2.58. The van der Waals surface area contributed by atoms with E-state index >= 15 is 0 Å². The summed E-state index contributed by atoms with van der Waals surface area (Å²) in [6, 6.07) is 13.3. The van der Waals surface area contributed by atoms with Crippen molar-refractivity contribution in [1.29, 1.82) is 0 Å². The number of piperidine rings is 1. The Hall–Kier alpha value is -3.09. The third kappa shape index (κ3) is 3.31. The van der Waals surface area contributed by atoms with E-state index in [1.807, 2.05) is 41.3 Å². The van der Waals surface area contributed by atoms with Crippen LogP contribution in [0.1, 0.15) is 48.8 Å². The molecule has 7 nitrogen and oxygen atoms in total. The van der Waals surface area contributed by atoms with Crippen molar-refractivity contribution in [1.82, 2.24) is 4.90 Å². The van der Waals surface area contributed by atoms with Crippen LogP contribution in [0, 0.1) is 16.0 Å². The number of carbonyl (C=O) groups excluding carboxylic acids is 1. The number of nitrogens with zero attached hydrogens (tertiary/aromatic N) is 2. The molecule has 1 heterocycles. The molecule has 3 aliphatic rings. The molecule has 0 aromatic heterocycles. The van der Waals surface area contributed by atoms with E-state index in [0.29, 0.717) is 24.6 Å². The molecule has 2 bridgehead atoms. The molecule has 0 unspecified atom stereocenters. The van der Waals surface area contributed by atoms with Crippen LogP contribution in [-0.4, -0.2) is 35.6 Å². The molecule has 32 heavy (non-hydrogen) atoms. The molecular formula is C25H28N2O5. The molecule has 5 rings (SSSR count). The lowest BCUT2D eigenvalue weighted by Crippen LogP contribution is -2.62. The number of benzene rings is 2. The Labute approximate surface area is 187 Å². The number of hydrogen-bond acceptors (Lipinski definition) is 5. The Balaban J connectivity index is 1.47. The SMILES string of the molecule is COc1cc2c(cc1[N+](=O)[O-])C[C@H]1[C@H]3CCCC[C@@]23CCN1C(=O)OCc1ccccc1. The van der Waals surface area contributed by atoms with Crippen molar-refractivity contribution in [2.24, 2.45) is 5.92 Å². The van der Waals surface area contributed by atoms with Crippen LogP contribution in [0.4, 0.5) is 10.5 Å². The second-order valence-corrected chi connectivity index (χ2v) is 9.20. The lowest BCUT2D eigenvalue weighted by atomic mass is 9.52. The lowest BCUT2D eigenvalue weighted by molar-refractivity contribution is -0.385. The van der Waals surface area contributed by atoms with E-state index in [9.17, 15) is 14.9 Å². The molecule has 168 valence electrons. The summed E-state index contributed by atoms with van der Waals surface area (Å²) >= 11 is 0. The minimum absolute atomic E-state index is 0.00631. The zero-order chi connectivity index (χ0) is 22.3. The Morgan fingerprint density at radius 1 is 1.22 bits per heavy atom. The third-order valence-electron chi connectivity index (χ3n) is 7.77. The number of nitro benzene ring substituents is 1. The molecule has 1 saturated heterocycles. The maximum absolute atomic E-state index is 13.1. The summed E-state index contributed by atoms with van der Waals surface area (Å²) in [6.45, 7) is 0.894. The number of likely N-dealkylation sites (tertiary alicyclic amines) is 1. The number of nitro groups is 1. The Bertz CT molecular complexity index is 1040. The summed E-state index contributed by atoms with van der Waals surface area (Å²) in [6.07, 6.45) is 5.58.